The summed E-state index contributed by atoms with van der Waals surface area (Å²) in [6.07, 6.45) is 7.28. The van der Waals surface area contributed by atoms with Crippen LogP contribution in [0.2, 0.25) is 0 Å². The van der Waals surface area contributed by atoms with Gasteiger partial charge in [0.05, 0.1) is 0 Å². The SMILES string of the molecule is C=CC/C=C\C(C)c1cccs1. The molecule has 1 atom stereocenters. The first-order valence-corrected chi connectivity index (χ1v) is 5.03. The lowest BCUT2D eigenvalue weighted by atomic mass is 10.1. The number of hydrogen-bond acceptors (Lipinski definition) is 1. The fraction of sp³-hybridized carbons (Fsp3) is 0.273. The number of hydrogen-bond donors (Lipinski definition) is 0. The van der Waals surface area contributed by atoms with Crippen LogP contribution in [0.25, 0.3) is 0 Å². The van der Waals surface area contributed by atoms with Crippen molar-refractivity contribution in [1.29, 1.82) is 0 Å². The Morgan fingerprint density at radius 3 is 3.08 bits per heavy atom. The highest BCUT2D eigenvalue weighted by molar-refractivity contribution is 7.10. The van der Waals surface area contributed by atoms with Crippen molar-refractivity contribution >= 4 is 11.3 Å². The maximum absolute atomic E-state index is 3.67. The molecule has 0 spiro atoms. The number of thiophene rings is 1. The first-order valence-electron chi connectivity index (χ1n) is 4.15. The topological polar surface area (TPSA) is 0 Å². The zero-order valence-electron chi connectivity index (χ0n) is 7.36. The van der Waals surface area contributed by atoms with Crippen LogP contribution in [0.1, 0.15) is 24.1 Å². The summed E-state index contributed by atoms with van der Waals surface area (Å²) < 4.78 is 0. The van der Waals surface area contributed by atoms with E-state index in [9.17, 15) is 0 Å². The molecule has 0 nitrogen and oxygen atoms in total. The molecule has 64 valence electrons. The van der Waals surface area contributed by atoms with Crippen LogP contribution in [0.4, 0.5) is 0 Å². The van der Waals surface area contributed by atoms with Crippen LogP contribution < -0.4 is 0 Å². The van der Waals surface area contributed by atoms with E-state index in [1.165, 1.54) is 4.88 Å². The zero-order chi connectivity index (χ0) is 8.81. The van der Waals surface area contributed by atoms with Gasteiger partial charge >= 0.3 is 0 Å². The van der Waals surface area contributed by atoms with E-state index in [0.717, 1.165) is 6.42 Å². The Morgan fingerprint density at radius 1 is 1.67 bits per heavy atom. The average Bonchev–Trinajstić information content (AvgIpc) is 2.56. The minimum Gasteiger partial charge on any atom is -0.148 e. The lowest BCUT2D eigenvalue weighted by molar-refractivity contribution is 0.990. The summed E-state index contributed by atoms with van der Waals surface area (Å²) >= 11 is 1.81. The van der Waals surface area contributed by atoms with E-state index in [1.807, 2.05) is 17.4 Å². The van der Waals surface area contributed by atoms with E-state index in [4.69, 9.17) is 0 Å². The van der Waals surface area contributed by atoms with Crippen molar-refractivity contribution in [3.8, 4) is 0 Å². The monoisotopic (exact) mass is 178 g/mol. The van der Waals surface area contributed by atoms with E-state index < -0.39 is 0 Å². The highest BCUT2D eigenvalue weighted by atomic mass is 32.1. The summed E-state index contributed by atoms with van der Waals surface area (Å²) in [6.45, 7) is 5.89. The summed E-state index contributed by atoms with van der Waals surface area (Å²) in [6, 6.07) is 4.27. The molecule has 0 aromatic carbocycles. The van der Waals surface area contributed by atoms with Crippen molar-refractivity contribution in [1.82, 2.24) is 0 Å². The Kier molecular flexibility index (Phi) is 3.81. The molecule has 0 bridgehead atoms. The third-order valence-corrected chi connectivity index (χ3v) is 2.79. The van der Waals surface area contributed by atoms with Crippen molar-refractivity contribution in [3.05, 3.63) is 47.2 Å². The summed E-state index contributed by atoms with van der Waals surface area (Å²) in [4.78, 5) is 1.43. The van der Waals surface area contributed by atoms with E-state index in [-0.39, 0.29) is 0 Å². The predicted octanol–water partition coefficient (Wildman–Crippen LogP) is 3.98. The lowest BCUT2D eigenvalue weighted by Gasteiger charge is -2.00. The van der Waals surface area contributed by atoms with Crippen LogP contribution in [0, 0.1) is 0 Å². The molecule has 1 heterocycles. The van der Waals surface area contributed by atoms with Crippen molar-refractivity contribution in [2.75, 3.05) is 0 Å². The third kappa shape index (κ3) is 2.67. The third-order valence-electron chi connectivity index (χ3n) is 1.72. The van der Waals surface area contributed by atoms with E-state index in [1.54, 1.807) is 0 Å². The normalized spacial score (nSPS) is 13.4. The quantitative estimate of drug-likeness (QED) is 0.612. The Hall–Kier alpha value is -0.820. The molecule has 0 aliphatic heterocycles. The highest BCUT2D eigenvalue weighted by Gasteiger charge is 1.99. The van der Waals surface area contributed by atoms with Gasteiger partial charge in [-0.2, -0.15) is 0 Å². The van der Waals surface area contributed by atoms with Gasteiger partial charge < -0.3 is 0 Å². The second kappa shape index (κ2) is 4.94. The molecule has 1 heteroatoms. The lowest BCUT2D eigenvalue weighted by Crippen LogP contribution is -1.82. The van der Waals surface area contributed by atoms with Crippen molar-refractivity contribution in [3.63, 3.8) is 0 Å². The minimum atomic E-state index is 0.546. The molecule has 1 rings (SSSR count). The molecule has 0 saturated heterocycles. The van der Waals surface area contributed by atoms with Gasteiger partial charge in [-0.3, -0.25) is 0 Å². The Morgan fingerprint density at radius 2 is 2.50 bits per heavy atom. The van der Waals surface area contributed by atoms with Gasteiger partial charge in [-0.05, 0) is 17.9 Å². The maximum atomic E-state index is 3.67. The summed E-state index contributed by atoms with van der Waals surface area (Å²) in [5, 5.41) is 2.12. The second-order valence-corrected chi connectivity index (χ2v) is 3.74. The average molecular weight is 178 g/mol. The zero-order valence-corrected chi connectivity index (χ0v) is 8.18. The molecule has 0 radical (unpaired) electrons. The minimum absolute atomic E-state index is 0.546. The second-order valence-electron chi connectivity index (χ2n) is 2.76. The molecule has 12 heavy (non-hydrogen) atoms. The van der Waals surface area contributed by atoms with Gasteiger partial charge in [-0.1, -0.05) is 31.2 Å². The van der Waals surface area contributed by atoms with Gasteiger partial charge in [0.1, 0.15) is 0 Å². The van der Waals surface area contributed by atoms with Gasteiger partial charge in [0.25, 0.3) is 0 Å². The smallest absolute Gasteiger partial charge is 0.0111 e. The number of allylic oxidation sites excluding steroid dienone is 3. The van der Waals surface area contributed by atoms with E-state index in [0.29, 0.717) is 5.92 Å². The van der Waals surface area contributed by atoms with Crippen LogP contribution in [0.5, 0.6) is 0 Å². The van der Waals surface area contributed by atoms with Crippen molar-refractivity contribution < 1.29 is 0 Å². The summed E-state index contributed by atoms with van der Waals surface area (Å²) in [7, 11) is 0. The molecule has 0 aliphatic carbocycles. The molecular formula is C11H14S. The molecule has 1 aromatic rings. The molecule has 0 N–H and O–H groups in total. The molecule has 0 saturated carbocycles. The van der Waals surface area contributed by atoms with Gasteiger partial charge in [-0.15, -0.1) is 17.9 Å². The summed E-state index contributed by atoms with van der Waals surface area (Å²) in [5.41, 5.74) is 0. The molecule has 1 aromatic heterocycles. The molecular weight excluding hydrogens is 164 g/mol. The van der Waals surface area contributed by atoms with Crippen LogP contribution in [0.3, 0.4) is 0 Å². The fourth-order valence-corrected chi connectivity index (χ4v) is 1.79. The maximum Gasteiger partial charge on any atom is 0.0111 e. The highest BCUT2D eigenvalue weighted by Crippen LogP contribution is 2.21. The van der Waals surface area contributed by atoms with Gasteiger partial charge in [0.15, 0.2) is 0 Å². The van der Waals surface area contributed by atoms with Crippen LogP contribution in [-0.2, 0) is 0 Å². The number of rotatable bonds is 4. The van der Waals surface area contributed by atoms with Gasteiger partial charge in [0, 0.05) is 10.8 Å². The van der Waals surface area contributed by atoms with E-state index >= 15 is 0 Å². The van der Waals surface area contributed by atoms with Gasteiger partial charge in [0.2, 0.25) is 0 Å². The van der Waals surface area contributed by atoms with Crippen LogP contribution >= 0.6 is 11.3 Å². The van der Waals surface area contributed by atoms with E-state index in [2.05, 4.69) is 43.2 Å². The first-order chi connectivity index (χ1) is 5.84. The van der Waals surface area contributed by atoms with Gasteiger partial charge in [-0.25, -0.2) is 0 Å². The first kappa shape index (κ1) is 9.27. The molecule has 1 unspecified atom stereocenters. The predicted molar refractivity (Wildman–Crippen MR) is 56.7 cm³/mol. The molecule has 0 amide bonds. The Balaban J connectivity index is 2.49. The largest absolute Gasteiger partial charge is 0.148 e. The Labute approximate surface area is 78.2 Å². The van der Waals surface area contributed by atoms with Crippen molar-refractivity contribution in [2.24, 2.45) is 0 Å². The summed E-state index contributed by atoms with van der Waals surface area (Å²) in [5.74, 6) is 0.546. The van der Waals surface area contributed by atoms with Crippen LogP contribution in [-0.4, -0.2) is 0 Å². The molecule has 0 fully saturated rings. The molecule has 0 aliphatic rings. The van der Waals surface area contributed by atoms with Crippen molar-refractivity contribution in [2.45, 2.75) is 19.3 Å². The fourth-order valence-electron chi connectivity index (χ4n) is 1.02. The van der Waals surface area contributed by atoms with Crippen LogP contribution in [0.15, 0.2) is 42.3 Å². The standard InChI is InChI=1S/C11H14S/c1-3-4-5-7-10(2)11-8-6-9-12-11/h3,5-10H,1,4H2,2H3/b7-5-. The Bertz CT molecular complexity index is 244.